The van der Waals surface area contributed by atoms with Crippen LogP contribution in [0, 0.1) is 5.92 Å². The minimum atomic E-state index is 0.461. The van der Waals surface area contributed by atoms with Crippen LogP contribution in [0.4, 0.5) is 0 Å². The largest absolute Gasteiger partial charge is 0.330 e. The summed E-state index contributed by atoms with van der Waals surface area (Å²) in [6.45, 7) is 8.51. The average molecular weight is 250 g/mol. The maximum atomic E-state index is 5.98. The summed E-state index contributed by atoms with van der Waals surface area (Å²) >= 11 is 0. The molecule has 1 saturated heterocycles. The molecule has 1 fully saturated rings. The highest BCUT2D eigenvalue weighted by Crippen LogP contribution is 2.35. The second-order valence-corrected chi connectivity index (χ2v) is 5.19. The Hall–Kier alpha value is -0.870. The third kappa shape index (κ3) is 2.59. The number of hydrogen-bond donors (Lipinski definition) is 1. The molecule has 0 bridgehead atoms. The molecule has 2 rings (SSSR count). The Morgan fingerprint density at radius 3 is 2.94 bits per heavy atom. The van der Waals surface area contributed by atoms with Crippen molar-refractivity contribution in [1.29, 1.82) is 0 Å². The van der Waals surface area contributed by atoms with Gasteiger partial charge in [0, 0.05) is 12.7 Å². The zero-order valence-corrected chi connectivity index (χ0v) is 11.7. The van der Waals surface area contributed by atoms with Gasteiger partial charge >= 0.3 is 0 Å². The maximum Gasteiger partial charge on any atom is 0.0559 e. The lowest BCUT2D eigenvalue weighted by molar-refractivity contribution is 0.0949. The Morgan fingerprint density at radius 1 is 1.44 bits per heavy atom. The number of nitrogens with two attached hydrogens (primary N) is 1. The number of aromatic nitrogens is 2. The second-order valence-electron chi connectivity index (χ2n) is 5.19. The van der Waals surface area contributed by atoms with Gasteiger partial charge in [0.15, 0.2) is 0 Å². The summed E-state index contributed by atoms with van der Waals surface area (Å²) in [5.74, 6) is 0.575. The van der Waals surface area contributed by atoms with Crippen LogP contribution in [-0.2, 0) is 6.54 Å². The molecule has 1 aromatic heterocycles. The first-order chi connectivity index (χ1) is 8.81. The van der Waals surface area contributed by atoms with Gasteiger partial charge in [-0.1, -0.05) is 13.8 Å². The van der Waals surface area contributed by atoms with Crippen LogP contribution in [0.3, 0.4) is 0 Å². The fraction of sp³-hybridized carbons (Fsp3) is 0.786. The lowest BCUT2D eigenvalue weighted by Crippen LogP contribution is -2.42. The molecule has 0 saturated carbocycles. The van der Waals surface area contributed by atoms with Crippen molar-refractivity contribution in [3.05, 3.63) is 18.0 Å². The van der Waals surface area contributed by atoms with Crippen molar-refractivity contribution in [3.63, 3.8) is 0 Å². The molecule has 0 radical (unpaired) electrons. The molecular formula is C14H26N4. The normalized spacial score (nSPS) is 25.5. The van der Waals surface area contributed by atoms with E-state index in [1.54, 1.807) is 0 Å². The van der Waals surface area contributed by atoms with Gasteiger partial charge < -0.3 is 5.73 Å². The number of hydrogen-bond acceptors (Lipinski definition) is 3. The summed E-state index contributed by atoms with van der Waals surface area (Å²) in [5.41, 5.74) is 7.34. The average Bonchev–Trinajstić information content (AvgIpc) is 2.86. The zero-order chi connectivity index (χ0) is 13.0. The van der Waals surface area contributed by atoms with Gasteiger partial charge in [-0.05, 0) is 50.9 Å². The van der Waals surface area contributed by atoms with Crippen molar-refractivity contribution in [2.24, 2.45) is 11.7 Å². The second kappa shape index (κ2) is 6.34. The summed E-state index contributed by atoms with van der Waals surface area (Å²) in [7, 11) is 0. The minimum absolute atomic E-state index is 0.461. The third-order valence-corrected chi connectivity index (χ3v) is 4.06. The highest BCUT2D eigenvalue weighted by molar-refractivity contribution is 5.10. The number of nitrogens with zero attached hydrogens (tertiary/aromatic N) is 3. The van der Waals surface area contributed by atoms with Gasteiger partial charge in [-0.2, -0.15) is 5.10 Å². The fourth-order valence-corrected chi connectivity index (χ4v) is 3.17. The van der Waals surface area contributed by atoms with Gasteiger partial charge in [0.05, 0.1) is 11.7 Å². The summed E-state index contributed by atoms with van der Waals surface area (Å²) < 4.78 is 2.17. The summed E-state index contributed by atoms with van der Waals surface area (Å²) in [4.78, 5) is 2.56. The van der Waals surface area contributed by atoms with E-state index in [1.807, 2.05) is 6.20 Å². The quantitative estimate of drug-likeness (QED) is 0.869. The Labute approximate surface area is 110 Å². The molecule has 0 aromatic carbocycles. The van der Waals surface area contributed by atoms with Crippen LogP contribution in [0.5, 0.6) is 0 Å². The van der Waals surface area contributed by atoms with E-state index >= 15 is 0 Å². The van der Waals surface area contributed by atoms with Crippen molar-refractivity contribution >= 4 is 0 Å². The lowest BCUT2D eigenvalue weighted by atomic mass is 9.87. The SMILES string of the molecule is CCCn1nccc1C1C(CN)CCCN1CC. The molecule has 1 aliphatic heterocycles. The monoisotopic (exact) mass is 250 g/mol. The van der Waals surface area contributed by atoms with Crippen LogP contribution in [0.2, 0.25) is 0 Å². The van der Waals surface area contributed by atoms with E-state index in [-0.39, 0.29) is 0 Å². The number of piperidine rings is 1. The highest BCUT2D eigenvalue weighted by atomic mass is 15.3. The topological polar surface area (TPSA) is 47.1 Å². The Morgan fingerprint density at radius 2 is 2.28 bits per heavy atom. The molecule has 102 valence electrons. The van der Waals surface area contributed by atoms with Gasteiger partial charge in [0.2, 0.25) is 0 Å². The first-order valence-electron chi connectivity index (χ1n) is 7.27. The summed E-state index contributed by atoms with van der Waals surface area (Å²) in [6, 6.07) is 2.64. The molecule has 0 aliphatic carbocycles. The molecule has 0 spiro atoms. The molecule has 2 heterocycles. The predicted molar refractivity (Wildman–Crippen MR) is 74.3 cm³/mol. The molecule has 1 aromatic rings. The predicted octanol–water partition coefficient (Wildman–Crippen LogP) is 2.02. The third-order valence-electron chi connectivity index (χ3n) is 4.06. The van der Waals surface area contributed by atoms with E-state index in [1.165, 1.54) is 25.1 Å². The van der Waals surface area contributed by atoms with Crippen molar-refractivity contribution in [1.82, 2.24) is 14.7 Å². The highest BCUT2D eigenvalue weighted by Gasteiger charge is 2.32. The van der Waals surface area contributed by atoms with Crippen LogP contribution in [0.25, 0.3) is 0 Å². The standard InChI is InChI=1S/C14H26N4/c1-3-9-18-13(7-8-16-18)14-12(11-15)6-5-10-17(14)4-2/h7-8,12,14H,3-6,9-11,15H2,1-2H3. The lowest BCUT2D eigenvalue weighted by Gasteiger charge is -2.40. The van der Waals surface area contributed by atoms with E-state index in [2.05, 4.69) is 34.6 Å². The van der Waals surface area contributed by atoms with Gasteiger partial charge in [-0.15, -0.1) is 0 Å². The van der Waals surface area contributed by atoms with E-state index < -0.39 is 0 Å². The fourth-order valence-electron chi connectivity index (χ4n) is 3.17. The van der Waals surface area contributed by atoms with E-state index in [0.29, 0.717) is 12.0 Å². The van der Waals surface area contributed by atoms with E-state index in [0.717, 1.165) is 26.1 Å². The number of aryl methyl sites for hydroxylation is 1. The van der Waals surface area contributed by atoms with Gasteiger partial charge in [-0.3, -0.25) is 9.58 Å². The van der Waals surface area contributed by atoms with Crippen molar-refractivity contribution < 1.29 is 0 Å². The Balaban J connectivity index is 2.27. The molecule has 2 atom stereocenters. The molecule has 0 amide bonds. The van der Waals surface area contributed by atoms with Gasteiger partial charge in [0.25, 0.3) is 0 Å². The maximum absolute atomic E-state index is 5.98. The summed E-state index contributed by atoms with van der Waals surface area (Å²) in [6.07, 6.45) is 5.57. The number of likely N-dealkylation sites (tertiary alicyclic amines) is 1. The number of rotatable bonds is 5. The molecule has 18 heavy (non-hydrogen) atoms. The van der Waals surface area contributed by atoms with E-state index in [4.69, 9.17) is 5.73 Å². The van der Waals surface area contributed by atoms with Crippen LogP contribution >= 0.6 is 0 Å². The van der Waals surface area contributed by atoms with Crippen LogP contribution in [0.15, 0.2) is 12.3 Å². The molecule has 2 unspecified atom stereocenters. The van der Waals surface area contributed by atoms with Crippen molar-refractivity contribution in [2.75, 3.05) is 19.6 Å². The Bertz CT molecular complexity index is 348. The van der Waals surface area contributed by atoms with Gasteiger partial charge in [0.1, 0.15) is 0 Å². The van der Waals surface area contributed by atoms with Crippen LogP contribution < -0.4 is 5.73 Å². The van der Waals surface area contributed by atoms with Gasteiger partial charge in [-0.25, -0.2) is 0 Å². The zero-order valence-electron chi connectivity index (χ0n) is 11.7. The van der Waals surface area contributed by atoms with E-state index in [9.17, 15) is 0 Å². The van der Waals surface area contributed by atoms with Crippen molar-refractivity contribution in [3.8, 4) is 0 Å². The molecular weight excluding hydrogens is 224 g/mol. The minimum Gasteiger partial charge on any atom is -0.330 e. The molecule has 1 aliphatic rings. The molecule has 4 nitrogen and oxygen atoms in total. The molecule has 4 heteroatoms. The smallest absolute Gasteiger partial charge is 0.0559 e. The summed E-state index contributed by atoms with van der Waals surface area (Å²) in [5, 5.41) is 4.47. The first kappa shape index (κ1) is 13.6. The first-order valence-corrected chi connectivity index (χ1v) is 7.27. The Kier molecular flexibility index (Phi) is 4.78. The van der Waals surface area contributed by atoms with Crippen LogP contribution in [-0.4, -0.2) is 34.3 Å². The molecule has 2 N–H and O–H groups in total. The van der Waals surface area contributed by atoms with Crippen molar-refractivity contribution in [2.45, 2.75) is 45.7 Å². The van der Waals surface area contributed by atoms with Crippen LogP contribution in [0.1, 0.15) is 44.8 Å².